The molecule has 5 heteroatoms. The molecule has 0 bridgehead atoms. The van der Waals surface area contributed by atoms with Crippen LogP contribution in [0.2, 0.25) is 0 Å². The minimum absolute atomic E-state index is 0.106. The molecule has 0 fully saturated rings. The van der Waals surface area contributed by atoms with Gasteiger partial charge in [-0.2, -0.15) is 11.8 Å². The number of thioether (sulfide) groups is 1. The summed E-state index contributed by atoms with van der Waals surface area (Å²) < 4.78 is 0. The largest absolute Gasteiger partial charge is 0.370 e. The number of nitrogens with one attached hydrogen (secondary N) is 2. The average Bonchev–Trinajstić information content (AvgIpc) is 2.35. The fraction of sp³-hybridized carbons (Fsp3) is 0.500. The van der Waals surface area contributed by atoms with Gasteiger partial charge in [-0.25, -0.2) is 4.98 Å². The van der Waals surface area contributed by atoms with Crippen molar-refractivity contribution in [1.82, 2.24) is 10.3 Å². The van der Waals surface area contributed by atoms with E-state index in [4.69, 9.17) is 0 Å². The van der Waals surface area contributed by atoms with Crippen molar-refractivity contribution in [1.29, 1.82) is 0 Å². The van der Waals surface area contributed by atoms with Crippen molar-refractivity contribution in [3.63, 3.8) is 0 Å². The van der Waals surface area contributed by atoms with Crippen LogP contribution in [0.3, 0.4) is 0 Å². The standard InChI is InChI=1S/C12H19N3OS/c1-3-13-11-7-4-6-10(15-11)12(16)14-8-5-9-17-2/h4,6-7H,3,5,8-9H2,1-2H3,(H,13,15)(H,14,16). The molecule has 0 aromatic carbocycles. The number of amides is 1. The zero-order chi connectivity index (χ0) is 12.5. The second-order valence-electron chi connectivity index (χ2n) is 3.54. The molecule has 0 saturated carbocycles. The minimum Gasteiger partial charge on any atom is -0.370 e. The van der Waals surface area contributed by atoms with E-state index in [2.05, 4.69) is 21.9 Å². The third-order valence-corrected chi connectivity index (χ3v) is 2.85. The van der Waals surface area contributed by atoms with E-state index < -0.39 is 0 Å². The topological polar surface area (TPSA) is 54.0 Å². The SMILES string of the molecule is CCNc1cccc(C(=O)NCCCSC)n1. The highest BCUT2D eigenvalue weighted by Gasteiger charge is 2.06. The van der Waals surface area contributed by atoms with Crippen molar-refractivity contribution in [3.05, 3.63) is 23.9 Å². The summed E-state index contributed by atoms with van der Waals surface area (Å²) in [5, 5.41) is 5.95. The van der Waals surface area contributed by atoms with E-state index in [0.717, 1.165) is 24.5 Å². The summed E-state index contributed by atoms with van der Waals surface area (Å²) in [6.07, 6.45) is 3.04. The summed E-state index contributed by atoms with van der Waals surface area (Å²) in [4.78, 5) is 16.0. The van der Waals surface area contributed by atoms with E-state index in [0.29, 0.717) is 12.2 Å². The second-order valence-corrected chi connectivity index (χ2v) is 4.53. The maximum atomic E-state index is 11.8. The van der Waals surface area contributed by atoms with Crippen molar-refractivity contribution in [2.45, 2.75) is 13.3 Å². The molecular formula is C12H19N3OS. The van der Waals surface area contributed by atoms with Gasteiger partial charge in [0.05, 0.1) is 0 Å². The third kappa shape index (κ3) is 5.08. The highest BCUT2D eigenvalue weighted by molar-refractivity contribution is 7.98. The van der Waals surface area contributed by atoms with Gasteiger partial charge in [0, 0.05) is 13.1 Å². The van der Waals surface area contributed by atoms with Crippen LogP contribution in [0.4, 0.5) is 5.82 Å². The Morgan fingerprint density at radius 1 is 1.47 bits per heavy atom. The Morgan fingerprint density at radius 3 is 3.00 bits per heavy atom. The average molecular weight is 253 g/mol. The molecule has 0 aliphatic carbocycles. The first kappa shape index (κ1) is 13.8. The molecule has 2 N–H and O–H groups in total. The van der Waals surface area contributed by atoms with Gasteiger partial charge in [0.25, 0.3) is 5.91 Å². The summed E-state index contributed by atoms with van der Waals surface area (Å²) in [5.74, 6) is 1.70. The fourth-order valence-electron chi connectivity index (χ4n) is 1.35. The molecule has 4 nitrogen and oxygen atoms in total. The van der Waals surface area contributed by atoms with Crippen molar-refractivity contribution >= 4 is 23.5 Å². The van der Waals surface area contributed by atoms with E-state index in [9.17, 15) is 4.79 Å². The minimum atomic E-state index is -0.106. The van der Waals surface area contributed by atoms with Crippen molar-refractivity contribution < 1.29 is 4.79 Å². The number of hydrogen-bond acceptors (Lipinski definition) is 4. The molecular weight excluding hydrogens is 234 g/mol. The molecule has 0 unspecified atom stereocenters. The maximum Gasteiger partial charge on any atom is 0.269 e. The normalized spacial score (nSPS) is 10.0. The van der Waals surface area contributed by atoms with Crippen LogP contribution in [0.5, 0.6) is 0 Å². The molecule has 0 aliphatic heterocycles. The van der Waals surface area contributed by atoms with Gasteiger partial charge < -0.3 is 10.6 Å². The van der Waals surface area contributed by atoms with Crippen LogP contribution in [0.25, 0.3) is 0 Å². The monoisotopic (exact) mass is 253 g/mol. The Morgan fingerprint density at radius 2 is 2.29 bits per heavy atom. The Kier molecular flexibility index (Phi) is 6.47. The molecule has 1 heterocycles. The van der Waals surface area contributed by atoms with Gasteiger partial charge in [-0.1, -0.05) is 6.07 Å². The van der Waals surface area contributed by atoms with E-state index in [1.54, 1.807) is 17.8 Å². The van der Waals surface area contributed by atoms with Gasteiger partial charge in [0.1, 0.15) is 11.5 Å². The van der Waals surface area contributed by atoms with E-state index >= 15 is 0 Å². The van der Waals surface area contributed by atoms with Gasteiger partial charge in [-0.15, -0.1) is 0 Å². The van der Waals surface area contributed by atoms with Gasteiger partial charge in [0.2, 0.25) is 0 Å². The zero-order valence-corrected chi connectivity index (χ0v) is 11.1. The summed E-state index contributed by atoms with van der Waals surface area (Å²) in [6.45, 7) is 3.50. The van der Waals surface area contributed by atoms with Crippen LogP contribution in [-0.4, -0.2) is 36.0 Å². The lowest BCUT2D eigenvalue weighted by Crippen LogP contribution is -2.25. The Bertz CT molecular complexity index is 357. The third-order valence-electron chi connectivity index (χ3n) is 2.15. The van der Waals surface area contributed by atoms with Gasteiger partial charge in [-0.05, 0) is 37.5 Å². The van der Waals surface area contributed by atoms with E-state index in [1.165, 1.54) is 0 Å². The molecule has 0 spiro atoms. The van der Waals surface area contributed by atoms with Crippen LogP contribution in [0.1, 0.15) is 23.8 Å². The van der Waals surface area contributed by atoms with Crippen LogP contribution >= 0.6 is 11.8 Å². The molecule has 1 amide bonds. The first-order chi connectivity index (χ1) is 8.27. The molecule has 0 aliphatic rings. The molecule has 1 aromatic rings. The Hall–Kier alpha value is -1.23. The first-order valence-corrected chi connectivity index (χ1v) is 7.15. The molecule has 1 aromatic heterocycles. The number of rotatable bonds is 7. The fourth-order valence-corrected chi connectivity index (χ4v) is 1.78. The highest BCUT2D eigenvalue weighted by Crippen LogP contribution is 2.04. The zero-order valence-electron chi connectivity index (χ0n) is 10.3. The first-order valence-electron chi connectivity index (χ1n) is 5.76. The smallest absolute Gasteiger partial charge is 0.269 e. The number of carbonyl (C=O) groups excluding carboxylic acids is 1. The maximum absolute atomic E-state index is 11.8. The Labute approximate surface area is 107 Å². The van der Waals surface area contributed by atoms with E-state index in [1.807, 2.05) is 19.1 Å². The number of nitrogens with zero attached hydrogens (tertiary/aromatic N) is 1. The summed E-state index contributed by atoms with van der Waals surface area (Å²) in [6, 6.07) is 5.42. The molecule has 17 heavy (non-hydrogen) atoms. The van der Waals surface area contributed by atoms with Gasteiger partial charge >= 0.3 is 0 Å². The number of aromatic nitrogens is 1. The lowest BCUT2D eigenvalue weighted by Gasteiger charge is -2.06. The summed E-state index contributed by atoms with van der Waals surface area (Å²) >= 11 is 1.78. The molecule has 94 valence electrons. The number of anilines is 1. The number of carbonyl (C=O) groups is 1. The van der Waals surface area contributed by atoms with Crippen molar-refractivity contribution in [2.24, 2.45) is 0 Å². The van der Waals surface area contributed by atoms with Crippen molar-refractivity contribution in [2.75, 3.05) is 30.4 Å². The van der Waals surface area contributed by atoms with Crippen LogP contribution in [0, 0.1) is 0 Å². The van der Waals surface area contributed by atoms with Crippen LogP contribution in [0.15, 0.2) is 18.2 Å². The lowest BCUT2D eigenvalue weighted by molar-refractivity contribution is 0.0949. The quantitative estimate of drug-likeness (QED) is 0.730. The van der Waals surface area contributed by atoms with Crippen LogP contribution < -0.4 is 10.6 Å². The van der Waals surface area contributed by atoms with Crippen LogP contribution in [-0.2, 0) is 0 Å². The highest BCUT2D eigenvalue weighted by atomic mass is 32.2. The van der Waals surface area contributed by atoms with Gasteiger partial charge in [-0.3, -0.25) is 4.79 Å². The molecule has 0 radical (unpaired) electrons. The molecule has 0 atom stereocenters. The predicted molar refractivity (Wildman–Crippen MR) is 73.7 cm³/mol. The number of hydrogen-bond donors (Lipinski definition) is 2. The van der Waals surface area contributed by atoms with Gasteiger partial charge in [0.15, 0.2) is 0 Å². The Balaban J connectivity index is 2.47. The molecule has 1 rings (SSSR count). The predicted octanol–water partition coefficient (Wildman–Crippen LogP) is 2.00. The van der Waals surface area contributed by atoms with E-state index in [-0.39, 0.29) is 5.91 Å². The number of pyridine rings is 1. The summed E-state index contributed by atoms with van der Waals surface area (Å²) in [5.41, 5.74) is 0.465. The van der Waals surface area contributed by atoms with Crippen molar-refractivity contribution in [3.8, 4) is 0 Å². The second kappa shape index (κ2) is 7.95. The lowest BCUT2D eigenvalue weighted by atomic mass is 10.3. The molecule has 0 saturated heterocycles. The summed E-state index contributed by atoms with van der Waals surface area (Å²) in [7, 11) is 0.